The second-order valence-electron chi connectivity index (χ2n) is 3.42. The van der Waals surface area contributed by atoms with Crippen molar-refractivity contribution in [3.8, 4) is 5.75 Å². The van der Waals surface area contributed by atoms with Gasteiger partial charge in [0.1, 0.15) is 11.6 Å². The van der Waals surface area contributed by atoms with Crippen LogP contribution in [0, 0.1) is 5.82 Å². The Morgan fingerprint density at radius 2 is 2.14 bits per heavy atom. The molecule has 0 radical (unpaired) electrons. The van der Waals surface area contributed by atoms with Gasteiger partial charge in [-0.15, -0.1) is 0 Å². The van der Waals surface area contributed by atoms with Crippen LogP contribution in [0.15, 0.2) is 12.1 Å². The van der Waals surface area contributed by atoms with Crippen LogP contribution >= 0.6 is 0 Å². The van der Waals surface area contributed by atoms with Gasteiger partial charge in [-0.1, -0.05) is 0 Å². The number of carbonyl (C=O) groups is 1. The number of Topliss-reactive ketones (excluding diaryl/α,β-unsaturated/α-hetero) is 1. The number of methoxy groups -OCH3 is 1. The zero-order valence-electron chi connectivity index (χ0n) is 7.97. The van der Waals surface area contributed by atoms with Gasteiger partial charge in [0.2, 0.25) is 0 Å². The summed E-state index contributed by atoms with van der Waals surface area (Å²) < 4.78 is 18.4. The Morgan fingerprint density at radius 1 is 1.36 bits per heavy atom. The Hall–Kier alpha value is -1.38. The fourth-order valence-electron chi connectivity index (χ4n) is 1.83. The molecule has 0 saturated heterocycles. The number of aryl methyl sites for hydroxylation is 1. The van der Waals surface area contributed by atoms with Crippen LogP contribution in [0.5, 0.6) is 5.75 Å². The van der Waals surface area contributed by atoms with Crippen molar-refractivity contribution in [2.75, 3.05) is 7.11 Å². The molecule has 0 fully saturated rings. The minimum Gasteiger partial charge on any atom is -0.497 e. The molecule has 0 spiro atoms. The molecule has 14 heavy (non-hydrogen) atoms. The van der Waals surface area contributed by atoms with Gasteiger partial charge in [-0.05, 0) is 24.5 Å². The van der Waals surface area contributed by atoms with Gasteiger partial charge in [-0.25, -0.2) is 4.39 Å². The van der Waals surface area contributed by atoms with Crippen molar-refractivity contribution in [2.24, 2.45) is 0 Å². The van der Waals surface area contributed by atoms with E-state index >= 15 is 0 Å². The molecular formula is C11H11FO2. The summed E-state index contributed by atoms with van der Waals surface area (Å²) in [6.45, 7) is 0. The summed E-state index contributed by atoms with van der Waals surface area (Å²) in [7, 11) is 1.49. The van der Waals surface area contributed by atoms with Crippen LogP contribution in [-0.4, -0.2) is 12.9 Å². The summed E-state index contributed by atoms with van der Waals surface area (Å²) in [5.41, 5.74) is 1.04. The Labute approximate surface area is 81.7 Å². The number of halogens is 1. The average molecular weight is 194 g/mol. The molecule has 2 rings (SSSR count). The molecule has 0 amide bonds. The maximum absolute atomic E-state index is 13.5. The molecule has 0 heterocycles. The lowest BCUT2D eigenvalue weighted by Gasteiger charge is -2.16. The van der Waals surface area contributed by atoms with E-state index in [1.54, 1.807) is 6.07 Å². The topological polar surface area (TPSA) is 26.3 Å². The van der Waals surface area contributed by atoms with E-state index < -0.39 is 5.82 Å². The fourth-order valence-corrected chi connectivity index (χ4v) is 1.83. The van der Waals surface area contributed by atoms with Crippen molar-refractivity contribution < 1.29 is 13.9 Å². The lowest BCUT2D eigenvalue weighted by molar-refractivity contribution is 0.0968. The zero-order chi connectivity index (χ0) is 10.1. The van der Waals surface area contributed by atoms with Gasteiger partial charge in [0.05, 0.1) is 12.7 Å². The first-order chi connectivity index (χ1) is 6.72. The van der Waals surface area contributed by atoms with Gasteiger partial charge in [-0.3, -0.25) is 4.79 Å². The molecule has 1 aliphatic carbocycles. The van der Waals surface area contributed by atoms with Crippen molar-refractivity contribution >= 4 is 5.78 Å². The Bertz CT molecular complexity index is 385. The van der Waals surface area contributed by atoms with Gasteiger partial charge in [0.25, 0.3) is 0 Å². The predicted octanol–water partition coefficient (Wildman–Crippen LogP) is 2.35. The Kier molecular flexibility index (Phi) is 2.23. The van der Waals surface area contributed by atoms with E-state index in [9.17, 15) is 9.18 Å². The Balaban J connectivity index is 2.56. The molecule has 0 N–H and O–H groups in total. The van der Waals surface area contributed by atoms with Crippen LogP contribution in [0.2, 0.25) is 0 Å². The third kappa shape index (κ3) is 1.39. The molecule has 1 aromatic carbocycles. The monoisotopic (exact) mass is 194 g/mol. The molecule has 1 aliphatic rings. The third-order valence-corrected chi connectivity index (χ3v) is 2.51. The van der Waals surface area contributed by atoms with Crippen molar-refractivity contribution in [3.05, 3.63) is 29.1 Å². The molecule has 1 aromatic rings. The van der Waals surface area contributed by atoms with Crippen LogP contribution in [0.3, 0.4) is 0 Å². The number of fused-ring (bicyclic) bond motifs is 1. The quantitative estimate of drug-likeness (QED) is 0.686. The van der Waals surface area contributed by atoms with E-state index in [1.807, 2.05) is 0 Å². The highest BCUT2D eigenvalue weighted by Crippen LogP contribution is 2.27. The van der Waals surface area contributed by atoms with E-state index in [1.165, 1.54) is 13.2 Å². The number of ketones is 1. The molecule has 0 unspecified atom stereocenters. The number of carbonyl (C=O) groups excluding carboxylic acids is 1. The highest BCUT2D eigenvalue weighted by molar-refractivity contribution is 5.98. The maximum atomic E-state index is 13.5. The van der Waals surface area contributed by atoms with Gasteiger partial charge < -0.3 is 4.74 Å². The zero-order valence-corrected chi connectivity index (χ0v) is 7.97. The number of benzene rings is 1. The standard InChI is InChI=1S/C11H11FO2/c1-14-8-5-7-3-2-4-10(13)11(7)9(12)6-8/h5-6H,2-4H2,1H3. The van der Waals surface area contributed by atoms with Crippen molar-refractivity contribution in [2.45, 2.75) is 19.3 Å². The first-order valence-electron chi connectivity index (χ1n) is 4.62. The van der Waals surface area contributed by atoms with Crippen LogP contribution in [0.4, 0.5) is 4.39 Å². The number of hydrogen-bond donors (Lipinski definition) is 0. The lowest BCUT2D eigenvalue weighted by atomic mass is 9.90. The van der Waals surface area contributed by atoms with Crippen LogP contribution in [0.1, 0.15) is 28.8 Å². The molecule has 0 atom stereocenters. The summed E-state index contributed by atoms with van der Waals surface area (Å²) in [5.74, 6) is -0.0635. The van der Waals surface area contributed by atoms with E-state index in [2.05, 4.69) is 0 Å². The van der Waals surface area contributed by atoms with Crippen LogP contribution in [0.25, 0.3) is 0 Å². The SMILES string of the molecule is COc1cc(F)c2c(c1)CCCC2=O. The van der Waals surface area contributed by atoms with Gasteiger partial charge in [0, 0.05) is 12.5 Å². The number of rotatable bonds is 1. The third-order valence-electron chi connectivity index (χ3n) is 2.51. The highest BCUT2D eigenvalue weighted by atomic mass is 19.1. The van der Waals surface area contributed by atoms with Crippen molar-refractivity contribution in [3.63, 3.8) is 0 Å². The van der Waals surface area contributed by atoms with Crippen LogP contribution < -0.4 is 4.74 Å². The minimum absolute atomic E-state index is 0.0913. The van der Waals surface area contributed by atoms with Crippen molar-refractivity contribution in [1.82, 2.24) is 0 Å². The smallest absolute Gasteiger partial charge is 0.166 e. The molecular weight excluding hydrogens is 183 g/mol. The molecule has 74 valence electrons. The van der Waals surface area contributed by atoms with E-state index in [-0.39, 0.29) is 11.3 Å². The second kappa shape index (κ2) is 3.40. The first-order valence-corrected chi connectivity index (χ1v) is 4.62. The van der Waals surface area contributed by atoms with Crippen molar-refractivity contribution in [1.29, 1.82) is 0 Å². The maximum Gasteiger partial charge on any atom is 0.166 e. The lowest BCUT2D eigenvalue weighted by Crippen LogP contribution is -2.13. The van der Waals surface area contributed by atoms with Crippen LogP contribution in [-0.2, 0) is 6.42 Å². The number of ether oxygens (including phenoxy) is 1. The summed E-state index contributed by atoms with van der Waals surface area (Å²) in [6.07, 6.45) is 2.02. The van der Waals surface area contributed by atoms with Gasteiger partial charge in [-0.2, -0.15) is 0 Å². The summed E-state index contributed by atoms with van der Waals surface area (Å²) >= 11 is 0. The molecule has 2 nitrogen and oxygen atoms in total. The average Bonchev–Trinajstić information content (AvgIpc) is 2.17. The fraction of sp³-hybridized carbons (Fsp3) is 0.364. The van der Waals surface area contributed by atoms with Gasteiger partial charge >= 0.3 is 0 Å². The molecule has 3 heteroatoms. The van der Waals surface area contributed by atoms with E-state index in [4.69, 9.17) is 4.74 Å². The summed E-state index contributed by atoms with van der Waals surface area (Å²) in [4.78, 5) is 11.4. The largest absolute Gasteiger partial charge is 0.497 e. The normalized spacial score (nSPS) is 15.1. The number of hydrogen-bond acceptors (Lipinski definition) is 2. The predicted molar refractivity (Wildman–Crippen MR) is 50.2 cm³/mol. The molecule has 0 aliphatic heterocycles. The minimum atomic E-state index is -0.455. The van der Waals surface area contributed by atoms with E-state index in [0.717, 1.165) is 18.4 Å². The molecule has 0 saturated carbocycles. The Morgan fingerprint density at radius 3 is 2.86 bits per heavy atom. The second-order valence-corrected chi connectivity index (χ2v) is 3.42. The molecule has 0 bridgehead atoms. The summed E-state index contributed by atoms with van der Waals surface area (Å²) in [5, 5.41) is 0. The highest BCUT2D eigenvalue weighted by Gasteiger charge is 2.21. The summed E-state index contributed by atoms with van der Waals surface area (Å²) in [6, 6.07) is 3.01. The van der Waals surface area contributed by atoms with Gasteiger partial charge in [0.15, 0.2) is 5.78 Å². The van der Waals surface area contributed by atoms with E-state index in [0.29, 0.717) is 12.2 Å². The first kappa shape index (κ1) is 9.19. The molecule has 0 aromatic heterocycles.